The van der Waals surface area contributed by atoms with Crippen molar-refractivity contribution >= 4 is 22.9 Å². The smallest absolute Gasteiger partial charge is 0.265 e. The quantitative estimate of drug-likeness (QED) is 0.790. The predicted octanol–water partition coefficient (Wildman–Crippen LogP) is 1.98. The van der Waals surface area contributed by atoms with Crippen LogP contribution >= 0.6 is 11.3 Å². The molecule has 94 valence electrons. The molecule has 1 N–H and O–H groups in total. The molecule has 0 aliphatic heterocycles. The standard InChI is InChI=1S/C12H9N5OS/c18-11(10-3-1-6-19-10)16-9-7-13-12(14-8-9)17-5-2-4-15-17/h1-8H,(H,16,18). The van der Waals surface area contributed by atoms with E-state index in [0.717, 1.165) is 0 Å². The van der Waals surface area contributed by atoms with E-state index in [1.807, 2.05) is 11.4 Å². The van der Waals surface area contributed by atoms with Gasteiger partial charge in [0.25, 0.3) is 11.9 Å². The molecule has 0 saturated carbocycles. The van der Waals surface area contributed by atoms with Crippen LogP contribution in [0.3, 0.4) is 0 Å². The second kappa shape index (κ2) is 4.99. The van der Waals surface area contributed by atoms with Crippen molar-refractivity contribution in [1.82, 2.24) is 19.7 Å². The number of nitrogens with zero attached hydrogens (tertiary/aromatic N) is 4. The van der Waals surface area contributed by atoms with Crippen LogP contribution in [0.5, 0.6) is 0 Å². The molecule has 0 unspecified atom stereocenters. The summed E-state index contributed by atoms with van der Waals surface area (Å²) in [6, 6.07) is 5.38. The van der Waals surface area contributed by atoms with Crippen LogP contribution in [0.1, 0.15) is 9.67 Å². The number of amides is 1. The van der Waals surface area contributed by atoms with E-state index in [9.17, 15) is 4.79 Å². The maximum Gasteiger partial charge on any atom is 0.265 e. The van der Waals surface area contributed by atoms with Gasteiger partial charge in [-0.15, -0.1) is 11.3 Å². The first-order valence-electron chi connectivity index (χ1n) is 5.50. The van der Waals surface area contributed by atoms with Crippen LogP contribution in [0, 0.1) is 0 Å². The molecule has 3 heterocycles. The van der Waals surface area contributed by atoms with Gasteiger partial charge in [0.05, 0.1) is 23.0 Å². The van der Waals surface area contributed by atoms with Crippen LogP contribution in [0.4, 0.5) is 5.69 Å². The minimum atomic E-state index is -0.162. The molecule has 0 radical (unpaired) electrons. The molecule has 1 amide bonds. The molecule has 0 bridgehead atoms. The van der Waals surface area contributed by atoms with Crippen LogP contribution in [0.15, 0.2) is 48.4 Å². The Balaban J connectivity index is 1.75. The Kier molecular flexibility index (Phi) is 3.03. The topological polar surface area (TPSA) is 72.7 Å². The van der Waals surface area contributed by atoms with Gasteiger partial charge in [0.1, 0.15) is 0 Å². The summed E-state index contributed by atoms with van der Waals surface area (Å²) in [6.45, 7) is 0. The monoisotopic (exact) mass is 271 g/mol. The third kappa shape index (κ3) is 2.50. The number of aromatic nitrogens is 4. The van der Waals surface area contributed by atoms with Gasteiger partial charge in [0.2, 0.25) is 0 Å². The minimum absolute atomic E-state index is 0.162. The number of nitrogens with one attached hydrogen (secondary N) is 1. The Bertz CT molecular complexity index is 661. The Hall–Kier alpha value is -2.54. The number of anilines is 1. The molecular weight excluding hydrogens is 262 g/mol. The molecule has 7 heteroatoms. The number of hydrogen-bond acceptors (Lipinski definition) is 5. The van der Waals surface area contributed by atoms with Gasteiger partial charge in [-0.2, -0.15) is 5.10 Å². The van der Waals surface area contributed by atoms with Crippen LogP contribution < -0.4 is 5.32 Å². The number of thiophene rings is 1. The SMILES string of the molecule is O=C(Nc1cnc(-n2cccn2)nc1)c1cccs1. The molecule has 19 heavy (non-hydrogen) atoms. The Morgan fingerprint density at radius 2 is 2.11 bits per heavy atom. The van der Waals surface area contributed by atoms with E-state index >= 15 is 0 Å². The molecule has 0 aliphatic rings. The fourth-order valence-electron chi connectivity index (χ4n) is 1.49. The van der Waals surface area contributed by atoms with Gasteiger partial charge < -0.3 is 5.32 Å². The molecule has 0 aromatic carbocycles. The molecule has 3 aromatic rings. The summed E-state index contributed by atoms with van der Waals surface area (Å²) >= 11 is 1.38. The van der Waals surface area contributed by atoms with Gasteiger partial charge in [0, 0.05) is 12.4 Å². The highest BCUT2D eigenvalue weighted by atomic mass is 32.1. The van der Waals surface area contributed by atoms with Crippen molar-refractivity contribution in [3.63, 3.8) is 0 Å². The van der Waals surface area contributed by atoms with Crippen LogP contribution in [0.2, 0.25) is 0 Å². The van der Waals surface area contributed by atoms with Gasteiger partial charge in [-0.25, -0.2) is 14.6 Å². The van der Waals surface area contributed by atoms with Gasteiger partial charge in [-0.05, 0) is 17.5 Å². The largest absolute Gasteiger partial charge is 0.319 e. The molecule has 3 rings (SSSR count). The molecular formula is C12H9N5OS. The highest BCUT2D eigenvalue weighted by molar-refractivity contribution is 7.12. The lowest BCUT2D eigenvalue weighted by molar-refractivity contribution is 0.103. The lowest BCUT2D eigenvalue weighted by atomic mass is 10.4. The van der Waals surface area contributed by atoms with Crippen LogP contribution in [0.25, 0.3) is 5.95 Å². The first kappa shape index (κ1) is 11.5. The Morgan fingerprint density at radius 1 is 1.26 bits per heavy atom. The fraction of sp³-hybridized carbons (Fsp3) is 0. The maximum atomic E-state index is 11.8. The van der Waals surface area contributed by atoms with Crippen molar-refractivity contribution in [2.24, 2.45) is 0 Å². The van der Waals surface area contributed by atoms with E-state index in [1.165, 1.54) is 11.3 Å². The lowest BCUT2D eigenvalue weighted by Gasteiger charge is -2.03. The molecule has 0 aliphatic carbocycles. The average molecular weight is 271 g/mol. The molecule has 0 saturated heterocycles. The second-order valence-corrected chi connectivity index (χ2v) is 4.60. The molecule has 0 fully saturated rings. The minimum Gasteiger partial charge on any atom is -0.319 e. The Labute approximate surface area is 112 Å². The van der Waals surface area contributed by atoms with Gasteiger partial charge in [0.15, 0.2) is 0 Å². The summed E-state index contributed by atoms with van der Waals surface area (Å²) in [5.74, 6) is 0.296. The summed E-state index contributed by atoms with van der Waals surface area (Å²) in [6.07, 6.45) is 6.50. The number of carbonyl (C=O) groups excluding carboxylic acids is 1. The summed E-state index contributed by atoms with van der Waals surface area (Å²) < 4.78 is 1.55. The average Bonchev–Trinajstić information content (AvgIpc) is 3.13. The van der Waals surface area contributed by atoms with Crippen LogP contribution in [-0.4, -0.2) is 25.7 Å². The molecule has 0 spiro atoms. The van der Waals surface area contributed by atoms with Crippen molar-refractivity contribution < 1.29 is 4.79 Å². The lowest BCUT2D eigenvalue weighted by Crippen LogP contribution is -2.11. The Morgan fingerprint density at radius 3 is 2.74 bits per heavy atom. The summed E-state index contributed by atoms with van der Waals surface area (Å²) in [7, 11) is 0. The second-order valence-electron chi connectivity index (χ2n) is 3.65. The summed E-state index contributed by atoms with van der Waals surface area (Å²) in [4.78, 5) is 20.7. The van der Waals surface area contributed by atoms with Crippen molar-refractivity contribution in [3.8, 4) is 5.95 Å². The molecule has 6 nitrogen and oxygen atoms in total. The van der Waals surface area contributed by atoms with E-state index in [2.05, 4.69) is 20.4 Å². The third-order valence-electron chi connectivity index (χ3n) is 2.35. The third-order valence-corrected chi connectivity index (χ3v) is 3.22. The van der Waals surface area contributed by atoms with E-state index in [1.54, 1.807) is 41.6 Å². The maximum absolute atomic E-state index is 11.8. The molecule has 0 atom stereocenters. The van der Waals surface area contributed by atoms with Crippen molar-refractivity contribution in [2.75, 3.05) is 5.32 Å². The number of hydrogen-bond donors (Lipinski definition) is 1. The normalized spacial score (nSPS) is 10.3. The van der Waals surface area contributed by atoms with Crippen molar-refractivity contribution in [1.29, 1.82) is 0 Å². The predicted molar refractivity (Wildman–Crippen MR) is 71.4 cm³/mol. The highest BCUT2D eigenvalue weighted by Gasteiger charge is 2.07. The zero-order valence-corrected chi connectivity index (χ0v) is 10.5. The number of rotatable bonds is 3. The number of carbonyl (C=O) groups is 1. The van der Waals surface area contributed by atoms with Gasteiger partial charge in [-0.3, -0.25) is 4.79 Å². The summed E-state index contributed by atoms with van der Waals surface area (Å²) in [5, 5.41) is 8.61. The van der Waals surface area contributed by atoms with Crippen LogP contribution in [-0.2, 0) is 0 Å². The fourth-order valence-corrected chi connectivity index (χ4v) is 2.11. The van der Waals surface area contributed by atoms with Gasteiger partial charge in [-0.1, -0.05) is 6.07 Å². The van der Waals surface area contributed by atoms with Gasteiger partial charge >= 0.3 is 0 Å². The first-order valence-corrected chi connectivity index (χ1v) is 6.38. The van der Waals surface area contributed by atoms with E-state index in [-0.39, 0.29) is 5.91 Å². The van der Waals surface area contributed by atoms with E-state index in [0.29, 0.717) is 16.5 Å². The zero-order valence-electron chi connectivity index (χ0n) is 9.72. The zero-order chi connectivity index (χ0) is 13.1. The summed E-state index contributed by atoms with van der Waals surface area (Å²) in [5.41, 5.74) is 0.550. The van der Waals surface area contributed by atoms with E-state index in [4.69, 9.17) is 0 Å². The van der Waals surface area contributed by atoms with Crippen molar-refractivity contribution in [3.05, 3.63) is 53.2 Å². The van der Waals surface area contributed by atoms with E-state index < -0.39 is 0 Å². The first-order chi connectivity index (χ1) is 9.33. The highest BCUT2D eigenvalue weighted by Crippen LogP contribution is 2.12. The van der Waals surface area contributed by atoms with Crippen molar-refractivity contribution in [2.45, 2.75) is 0 Å². The molecule has 3 aromatic heterocycles.